The lowest BCUT2D eigenvalue weighted by Gasteiger charge is -2.38. The van der Waals surface area contributed by atoms with Gasteiger partial charge in [0.1, 0.15) is 12.1 Å². The van der Waals surface area contributed by atoms with Gasteiger partial charge >= 0.3 is 18.1 Å². The lowest BCUT2D eigenvalue weighted by Crippen LogP contribution is -2.46. The molecule has 1 unspecified atom stereocenters. The average Bonchev–Trinajstić information content (AvgIpc) is 3.70. The van der Waals surface area contributed by atoms with Crippen molar-refractivity contribution in [2.24, 2.45) is 0 Å². The van der Waals surface area contributed by atoms with Crippen molar-refractivity contribution in [3.8, 4) is 22.3 Å². The molecule has 1 saturated heterocycles. The van der Waals surface area contributed by atoms with Gasteiger partial charge in [-0.25, -0.2) is 19.3 Å². The topological polar surface area (TPSA) is 116 Å². The monoisotopic (exact) mass is 812 g/mol. The van der Waals surface area contributed by atoms with Crippen molar-refractivity contribution in [2.75, 3.05) is 6.54 Å². The second-order valence-corrected chi connectivity index (χ2v) is 17.6. The summed E-state index contributed by atoms with van der Waals surface area (Å²) in [5.74, 6) is -0.00698. The van der Waals surface area contributed by atoms with E-state index in [0.29, 0.717) is 35.8 Å². The predicted molar refractivity (Wildman–Crippen MR) is 238 cm³/mol. The number of hydrogen-bond acceptors (Lipinski definition) is 5. The molecule has 3 fully saturated rings. The van der Waals surface area contributed by atoms with Crippen molar-refractivity contribution in [1.82, 2.24) is 10.2 Å². The summed E-state index contributed by atoms with van der Waals surface area (Å²) in [6, 6.07) is 28.3. The molecule has 3 amide bonds. The molecule has 60 heavy (non-hydrogen) atoms. The Balaban J connectivity index is 1.29. The average molecular weight is 813 g/mol. The predicted octanol–water partition coefficient (Wildman–Crippen LogP) is 12.0. The van der Waals surface area contributed by atoms with Crippen LogP contribution in [0.1, 0.15) is 156 Å². The first kappa shape index (κ1) is 43.1. The zero-order chi connectivity index (χ0) is 42.2. The van der Waals surface area contributed by atoms with Gasteiger partial charge in [-0.05, 0) is 126 Å². The number of carbonyl (C=O) groups is 3. The van der Waals surface area contributed by atoms with Gasteiger partial charge in [0, 0.05) is 0 Å². The smallest absolute Gasteiger partial charge is 0.418 e. The molecule has 2 saturated carbocycles. The van der Waals surface area contributed by atoms with E-state index in [1.54, 1.807) is 6.92 Å². The van der Waals surface area contributed by atoms with Crippen LogP contribution in [-0.2, 0) is 28.0 Å². The number of benzene rings is 4. The van der Waals surface area contributed by atoms with Crippen LogP contribution in [-0.4, -0.2) is 51.9 Å². The molecule has 0 aromatic heterocycles. The fraction of sp³-hybridized carbons (Fsp3) is 0.481. The number of carboxylic acids is 1. The molecule has 8 nitrogen and oxygen atoms in total. The Bertz CT molecular complexity index is 1980. The number of carbonyl (C=O) groups excluding carboxylic acids is 2. The Hall–Kier alpha value is -4.95. The van der Waals surface area contributed by atoms with Gasteiger partial charge in [-0.2, -0.15) is 0 Å². The highest BCUT2D eigenvalue weighted by atomic mass is 16.6. The Morgan fingerprint density at radius 1 is 0.700 bits per heavy atom. The van der Waals surface area contributed by atoms with Crippen LogP contribution >= 0.6 is 0 Å². The summed E-state index contributed by atoms with van der Waals surface area (Å²) in [6.45, 7) is 5.60. The van der Waals surface area contributed by atoms with Crippen LogP contribution in [0.15, 0.2) is 84.9 Å². The Morgan fingerprint density at radius 2 is 1.13 bits per heavy atom. The van der Waals surface area contributed by atoms with Crippen molar-refractivity contribution in [3.63, 3.8) is 0 Å². The van der Waals surface area contributed by atoms with Crippen LogP contribution in [0.25, 0.3) is 22.3 Å². The van der Waals surface area contributed by atoms with E-state index in [9.17, 15) is 24.6 Å². The molecule has 4 aromatic rings. The Kier molecular flexibility index (Phi) is 14.1. The molecule has 3 N–H and O–H groups in total. The minimum Gasteiger partial charge on any atom is -0.480 e. The number of urea groups is 1. The molecule has 4 aromatic carbocycles. The maximum atomic E-state index is 13.8. The van der Waals surface area contributed by atoms with E-state index in [1.165, 1.54) is 75.3 Å². The summed E-state index contributed by atoms with van der Waals surface area (Å²) >= 11 is 0. The van der Waals surface area contributed by atoms with Gasteiger partial charge in [0.15, 0.2) is 5.60 Å². The maximum absolute atomic E-state index is 13.8. The number of ether oxygens (including phenoxy) is 1. The molecule has 1 heterocycles. The zero-order valence-corrected chi connectivity index (χ0v) is 35.9. The molecule has 8 heteroatoms. The summed E-state index contributed by atoms with van der Waals surface area (Å²) in [5.41, 5.74) is 8.52. The van der Waals surface area contributed by atoms with Crippen LogP contribution in [0.4, 0.5) is 9.59 Å². The van der Waals surface area contributed by atoms with Crippen LogP contribution < -0.4 is 5.32 Å². The molecular formula is C52H64N2O6. The van der Waals surface area contributed by atoms with E-state index in [1.807, 2.05) is 12.1 Å². The zero-order valence-electron chi connectivity index (χ0n) is 35.9. The van der Waals surface area contributed by atoms with Crippen LogP contribution in [0, 0.1) is 0 Å². The van der Waals surface area contributed by atoms with Crippen molar-refractivity contribution in [3.05, 3.63) is 118 Å². The van der Waals surface area contributed by atoms with E-state index in [-0.39, 0.29) is 6.54 Å². The second kappa shape index (κ2) is 19.6. The van der Waals surface area contributed by atoms with Gasteiger partial charge in [0.05, 0.1) is 6.54 Å². The molecular weight excluding hydrogens is 749 g/mol. The first-order valence-corrected chi connectivity index (χ1v) is 22.8. The lowest BCUT2D eigenvalue weighted by atomic mass is 9.75. The molecule has 2 aliphatic carbocycles. The minimum atomic E-state index is -1.82. The van der Waals surface area contributed by atoms with E-state index >= 15 is 0 Å². The molecule has 0 radical (unpaired) electrons. The first-order chi connectivity index (χ1) is 29.1. The van der Waals surface area contributed by atoms with Gasteiger partial charge in [0.2, 0.25) is 0 Å². The Morgan fingerprint density at radius 3 is 1.53 bits per heavy atom. The summed E-state index contributed by atoms with van der Waals surface area (Å²) in [4.78, 5) is 39.0. The van der Waals surface area contributed by atoms with Gasteiger partial charge in [0.25, 0.3) is 0 Å². The van der Waals surface area contributed by atoms with E-state index in [0.717, 1.165) is 64.0 Å². The number of unbranched alkanes of at least 4 members (excludes halogenated alkanes) is 2. The van der Waals surface area contributed by atoms with Gasteiger partial charge in [-0.3, -0.25) is 0 Å². The first-order valence-electron chi connectivity index (χ1n) is 22.8. The number of imide groups is 1. The second-order valence-electron chi connectivity index (χ2n) is 17.6. The van der Waals surface area contributed by atoms with Crippen LogP contribution in [0.5, 0.6) is 0 Å². The minimum absolute atomic E-state index is 0.371. The molecule has 318 valence electrons. The fourth-order valence-electron chi connectivity index (χ4n) is 9.92. The molecule has 0 bridgehead atoms. The molecule has 7 rings (SSSR count). The number of hydrogen-bond donors (Lipinski definition) is 3. The Labute approximate surface area is 356 Å². The van der Waals surface area contributed by atoms with Crippen molar-refractivity contribution < 1.29 is 29.3 Å². The number of carboxylic acid groups (broad SMARTS) is 1. The normalized spacial score (nSPS) is 18.3. The van der Waals surface area contributed by atoms with Crippen molar-refractivity contribution >= 4 is 18.1 Å². The van der Waals surface area contributed by atoms with Crippen molar-refractivity contribution in [1.29, 1.82) is 0 Å². The molecule has 2 atom stereocenters. The van der Waals surface area contributed by atoms with E-state index in [4.69, 9.17) is 4.74 Å². The number of aliphatic carboxylic acids is 1. The number of aryl methyl sites for hydroxylation is 2. The number of nitrogens with zero attached hydrogens (tertiary/aromatic N) is 1. The standard InChI is InChI=1S/C52H64N2O6/c1-4-6-14-44-32-42(40-24-20-38(21-25-40)36-16-10-8-11-17-36)28-30-46(44)52(59,35(3)60-51(58)54-34-48(49(55)56)53-50(54)57)47-31-29-43(33-45(47)15-7-5-2)41-26-22-39(23-27-41)37-18-12-9-13-19-37/h20-33,35-37,48,59H,4-19,34H2,1-3H3,(H,53,57)(H,55,56)/t35-,48?/m0/s1. The highest BCUT2D eigenvalue weighted by Gasteiger charge is 2.46. The third kappa shape index (κ3) is 9.49. The SMILES string of the molecule is CCCCc1cc(-c2ccc(C3CCCCC3)cc2)ccc1C(O)(c1ccc(-c2ccc(C3CCCCC3)cc2)cc1CCCC)[C@H](C)OC(=O)N1CC(C(=O)O)NC1=O. The number of nitrogens with one attached hydrogen (secondary N) is 1. The van der Waals surface area contributed by atoms with Gasteiger partial charge in [-0.15, -0.1) is 0 Å². The third-order valence-corrected chi connectivity index (χ3v) is 13.6. The van der Waals surface area contributed by atoms with Crippen LogP contribution in [0.2, 0.25) is 0 Å². The lowest BCUT2D eigenvalue weighted by molar-refractivity contribution is -0.138. The van der Waals surface area contributed by atoms with E-state index in [2.05, 4.69) is 92.0 Å². The third-order valence-electron chi connectivity index (χ3n) is 13.6. The fourth-order valence-corrected chi connectivity index (χ4v) is 9.92. The summed E-state index contributed by atoms with van der Waals surface area (Å²) in [5, 5.41) is 25.5. The highest BCUT2D eigenvalue weighted by Crippen LogP contribution is 2.43. The summed E-state index contributed by atoms with van der Waals surface area (Å²) in [7, 11) is 0. The van der Waals surface area contributed by atoms with Crippen molar-refractivity contribution in [2.45, 2.75) is 153 Å². The number of rotatable bonds is 15. The quantitative estimate of drug-likeness (QED) is 0.110. The highest BCUT2D eigenvalue weighted by molar-refractivity contribution is 5.96. The summed E-state index contributed by atoms with van der Waals surface area (Å²) in [6.07, 6.45) is 15.7. The van der Waals surface area contributed by atoms with E-state index < -0.39 is 35.8 Å². The summed E-state index contributed by atoms with van der Waals surface area (Å²) < 4.78 is 6.08. The van der Waals surface area contributed by atoms with Gasteiger partial charge < -0.3 is 20.3 Å². The molecule has 1 aliphatic heterocycles. The maximum Gasteiger partial charge on any atom is 0.418 e. The number of amides is 3. The van der Waals surface area contributed by atoms with Gasteiger partial charge in [-0.1, -0.05) is 150 Å². The number of aliphatic hydroxyl groups is 1. The molecule has 3 aliphatic rings. The molecule has 0 spiro atoms. The van der Waals surface area contributed by atoms with Crippen LogP contribution in [0.3, 0.4) is 0 Å². The largest absolute Gasteiger partial charge is 0.480 e.